The first-order valence-corrected chi connectivity index (χ1v) is 29.3. The largest absolute Gasteiger partial charge is 0.311 e. The van der Waals surface area contributed by atoms with Crippen LogP contribution in [0.1, 0.15) is 187 Å². The molecule has 3 heterocycles. The lowest BCUT2D eigenvalue weighted by Gasteiger charge is -2.48. The van der Waals surface area contributed by atoms with E-state index in [0.29, 0.717) is 0 Å². The van der Waals surface area contributed by atoms with Gasteiger partial charge in [0.15, 0.2) is 0 Å². The van der Waals surface area contributed by atoms with Crippen molar-refractivity contribution >= 4 is 88.7 Å². The molecule has 0 saturated carbocycles. The summed E-state index contributed by atoms with van der Waals surface area (Å²) in [6.45, 7) is 39.4. The molecule has 0 unspecified atom stereocenters. The second-order valence-corrected chi connectivity index (χ2v) is 30.1. The maximum Gasteiger partial charge on any atom is 0.252 e. The van der Waals surface area contributed by atoms with Crippen LogP contribution in [0.15, 0.2) is 115 Å². The zero-order valence-electron chi connectivity index (χ0n) is 48.1. The molecule has 382 valence electrons. The van der Waals surface area contributed by atoms with Gasteiger partial charge < -0.3 is 9.80 Å². The maximum atomic E-state index is 2.76. The van der Waals surface area contributed by atoms with E-state index in [1.807, 2.05) is 11.3 Å². The molecule has 2 aliphatic heterocycles. The van der Waals surface area contributed by atoms with Crippen LogP contribution in [-0.2, 0) is 37.9 Å². The number of benzene rings is 7. The Morgan fingerprint density at radius 3 is 1.53 bits per heavy atom. The predicted molar refractivity (Wildman–Crippen MR) is 328 cm³/mol. The summed E-state index contributed by atoms with van der Waals surface area (Å²) in [5, 5.41) is 2.78. The molecule has 0 fully saturated rings. The van der Waals surface area contributed by atoms with Gasteiger partial charge in [0.25, 0.3) is 6.71 Å². The SMILES string of the molecule is Cc1cc2c(cc1N1c3cc4c(cc3B3c5cc6c(cc5N(c5ccc7c(c5)C(C)(C)CCC7(C)C)c5cc(-c7ccccc7)cc1c53)C(C)(C)CCC6(C)C)sc1cccc(C(C)(C)C)c14)C(C)(C)CCC2(C)C. The van der Waals surface area contributed by atoms with Crippen LogP contribution in [0.25, 0.3) is 31.3 Å². The van der Waals surface area contributed by atoms with E-state index in [1.54, 1.807) is 0 Å². The first-order valence-electron chi connectivity index (χ1n) is 28.5. The van der Waals surface area contributed by atoms with Gasteiger partial charge in [-0.1, -0.05) is 165 Å². The van der Waals surface area contributed by atoms with Crippen LogP contribution < -0.4 is 26.2 Å². The lowest BCUT2D eigenvalue weighted by atomic mass is 9.33. The van der Waals surface area contributed by atoms with E-state index in [-0.39, 0.29) is 44.6 Å². The molecule has 0 spiro atoms. The Balaban J connectivity index is 1.21. The van der Waals surface area contributed by atoms with E-state index in [9.17, 15) is 0 Å². The van der Waals surface area contributed by atoms with E-state index < -0.39 is 0 Å². The molecule has 2 nitrogen and oxygen atoms in total. The van der Waals surface area contributed by atoms with Gasteiger partial charge in [0, 0.05) is 54.3 Å². The Bertz CT molecular complexity index is 3740. The summed E-state index contributed by atoms with van der Waals surface area (Å²) in [6, 6.07) is 47.0. The lowest BCUT2D eigenvalue weighted by molar-refractivity contribution is 0.332. The van der Waals surface area contributed by atoms with Crippen LogP contribution in [0.4, 0.5) is 34.1 Å². The second kappa shape index (κ2) is 15.8. The third-order valence-corrected chi connectivity index (χ3v) is 21.2. The van der Waals surface area contributed by atoms with Gasteiger partial charge in [0.1, 0.15) is 0 Å². The van der Waals surface area contributed by atoms with Gasteiger partial charge in [-0.2, -0.15) is 0 Å². The fourth-order valence-electron chi connectivity index (χ4n) is 15.0. The average Bonchev–Trinajstić information content (AvgIpc) is 3.77. The number of fused-ring (bicyclic) bond motifs is 10. The van der Waals surface area contributed by atoms with Crippen molar-refractivity contribution in [3.8, 4) is 11.1 Å². The van der Waals surface area contributed by atoms with Gasteiger partial charge in [-0.25, -0.2) is 0 Å². The number of thiophene rings is 1. The third kappa shape index (κ3) is 7.22. The molecular weight excluding hydrogens is 924 g/mol. The first kappa shape index (κ1) is 49.0. The minimum absolute atomic E-state index is 0.00136. The fraction of sp³-hybridized carbons (Fsp3) is 0.408. The van der Waals surface area contributed by atoms with E-state index in [1.165, 1.54) is 165 Å². The molecule has 0 amide bonds. The standard InChI is InChI=1S/C71H79BN2S/c1-42-33-49-52(70(13,14)31-29-67(49,7)8)39-56(42)74-57-37-46-62(75-61-24-20-23-48(63(46)61)65(2,3)4)41-55(57)72-54-38-51-53(71(15,16)32-30-69(51,11)12)40-58(54)73(45-25-26-47-50(36-45)68(9,10)28-27-66(47,5)6)59-34-44(35-60(74)64(59)72)43-21-18-17-19-22-43/h17-26,33-41H,27-32H2,1-16H3. The summed E-state index contributed by atoms with van der Waals surface area (Å²) >= 11 is 1.98. The molecule has 8 aromatic rings. The number of nitrogens with zero attached hydrogens (tertiary/aromatic N) is 2. The molecule has 4 heteroatoms. The highest BCUT2D eigenvalue weighted by atomic mass is 32.1. The van der Waals surface area contributed by atoms with Crippen LogP contribution in [0.2, 0.25) is 0 Å². The molecule has 5 aliphatic rings. The molecule has 0 bridgehead atoms. The van der Waals surface area contributed by atoms with Gasteiger partial charge >= 0.3 is 0 Å². The van der Waals surface area contributed by atoms with Crippen molar-refractivity contribution in [2.24, 2.45) is 0 Å². The predicted octanol–water partition coefficient (Wildman–Crippen LogP) is 18.5. The van der Waals surface area contributed by atoms with Crippen molar-refractivity contribution < 1.29 is 0 Å². The molecule has 7 aromatic carbocycles. The maximum absolute atomic E-state index is 2.76. The van der Waals surface area contributed by atoms with E-state index >= 15 is 0 Å². The van der Waals surface area contributed by atoms with Gasteiger partial charge in [-0.05, 0) is 210 Å². The van der Waals surface area contributed by atoms with E-state index in [2.05, 4.69) is 236 Å². The van der Waals surface area contributed by atoms with Crippen LogP contribution in [0.5, 0.6) is 0 Å². The summed E-state index contributed by atoms with van der Waals surface area (Å²) in [5.74, 6) is 0. The zero-order valence-corrected chi connectivity index (χ0v) is 48.9. The van der Waals surface area contributed by atoms with Crippen molar-refractivity contribution in [3.05, 3.63) is 160 Å². The molecule has 0 radical (unpaired) electrons. The van der Waals surface area contributed by atoms with Crippen LogP contribution in [0.3, 0.4) is 0 Å². The van der Waals surface area contributed by atoms with Gasteiger partial charge in [-0.3, -0.25) is 0 Å². The number of aryl methyl sites for hydroxylation is 1. The first-order chi connectivity index (χ1) is 35.2. The zero-order chi connectivity index (χ0) is 52.9. The Hall–Kier alpha value is -5.58. The smallest absolute Gasteiger partial charge is 0.252 e. The summed E-state index contributed by atoms with van der Waals surface area (Å²) < 4.78 is 2.75. The monoisotopic (exact) mass is 1000 g/mol. The quantitative estimate of drug-likeness (QED) is 0.163. The second-order valence-electron chi connectivity index (χ2n) is 29.0. The van der Waals surface area contributed by atoms with Crippen LogP contribution in [0, 0.1) is 6.92 Å². The summed E-state index contributed by atoms with van der Waals surface area (Å²) in [4.78, 5) is 5.51. The van der Waals surface area contributed by atoms with Crippen molar-refractivity contribution in [1.29, 1.82) is 0 Å². The Labute approximate surface area is 454 Å². The molecular formula is C71H79BN2S. The lowest BCUT2D eigenvalue weighted by Crippen LogP contribution is -2.62. The van der Waals surface area contributed by atoms with Gasteiger partial charge in [0.05, 0.1) is 0 Å². The number of anilines is 6. The summed E-state index contributed by atoms with van der Waals surface area (Å²) in [5.41, 5.74) is 26.7. The van der Waals surface area contributed by atoms with Crippen molar-refractivity contribution in [3.63, 3.8) is 0 Å². The number of hydrogen-bond acceptors (Lipinski definition) is 3. The van der Waals surface area contributed by atoms with Crippen LogP contribution in [-0.4, -0.2) is 6.71 Å². The van der Waals surface area contributed by atoms with E-state index in [0.717, 1.165) is 0 Å². The molecule has 3 aliphatic carbocycles. The van der Waals surface area contributed by atoms with Crippen molar-refractivity contribution in [2.75, 3.05) is 9.80 Å². The fourth-order valence-corrected chi connectivity index (χ4v) is 16.2. The van der Waals surface area contributed by atoms with Crippen LogP contribution >= 0.6 is 11.3 Å². The average molecular weight is 1000 g/mol. The minimum Gasteiger partial charge on any atom is -0.311 e. The molecule has 75 heavy (non-hydrogen) atoms. The number of rotatable bonds is 3. The summed E-state index contributed by atoms with van der Waals surface area (Å²) in [7, 11) is 0. The molecule has 0 atom stereocenters. The normalized spacial score (nSPS) is 20.0. The minimum atomic E-state index is -0.0181. The molecule has 1 aromatic heterocycles. The Kier molecular flexibility index (Phi) is 10.3. The molecule has 0 saturated heterocycles. The van der Waals surface area contributed by atoms with Gasteiger partial charge in [-0.15, -0.1) is 11.3 Å². The molecule has 0 N–H and O–H groups in total. The highest BCUT2D eigenvalue weighted by molar-refractivity contribution is 7.26. The van der Waals surface area contributed by atoms with Crippen molar-refractivity contribution in [1.82, 2.24) is 0 Å². The highest BCUT2D eigenvalue weighted by Gasteiger charge is 2.49. The third-order valence-electron chi connectivity index (χ3n) is 20.1. The Morgan fingerprint density at radius 2 is 0.933 bits per heavy atom. The van der Waals surface area contributed by atoms with Gasteiger partial charge in [0.2, 0.25) is 0 Å². The topological polar surface area (TPSA) is 6.48 Å². The summed E-state index contributed by atoms with van der Waals surface area (Å²) in [6.07, 6.45) is 7.07. The number of hydrogen-bond donors (Lipinski definition) is 0. The highest BCUT2D eigenvalue weighted by Crippen LogP contribution is 2.56. The van der Waals surface area contributed by atoms with Crippen molar-refractivity contribution in [2.45, 2.75) is 187 Å². The van der Waals surface area contributed by atoms with E-state index in [4.69, 9.17) is 0 Å². The molecule has 13 rings (SSSR count). The Morgan fingerprint density at radius 1 is 0.427 bits per heavy atom.